The molecule has 0 aromatic carbocycles. The topological polar surface area (TPSA) is 55.6 Å². The summed E-state index contributed by atoms with van der Waals surface area (Å²) in [5.41, 5.74) is 5.50. The molecule has 0 aromatic rings. The van der Waals surface area contributed by atoms with Gasteiger partial charge in [-0.3, -0.25) is 4.79 Å². The monoisotopic (exact) mass is 214 g/mol. The Bertz CT molecular complexity index is 203. The minimum absolute atomic E-state index is 0.118. The van der Waals surface area contributed by atoms with Gasteiger partial charge in [0.25, 0.3) is 5.91 Å². The predicted molar refractivity (Wildman–Crippen MR) is 59.4 cm³/mol. The van der Waals surface area contributed by atoms with Crippen LogP contribution in [0.25, 0.3) is 0 Å². The molecule has 2 N–H and O–H groups in total. The third kappa shape index (κ3) is 3.18. The molecule has 0 bridgehead atoms. The lowest BCUT2D eigenvalue weighted by atomic mass is 10.0. The Morgan fingerprint density at radius 1 is 1.53 bits per heavy atom. The van der Waals surface area contributed by atoms with Crippen LogP contribution < -0.4 is 5.73 Å². The molecule has 0 radical (unpaired) electrons. The first kappa shape index (κ1) is 12.5. The lowest BCUT2D eigenvalue weighted by molar-refractivity contribution is -0.142. The number of nitrogens with two attached hydrogens (primary N) is 1. The Balaban J connectivity index is 2.54. The molecule has 15 heavy (non-hydrogen) atoms. The molecule has 4 nitrogen and oxygen atoms in total. The van der Waals surface area contributed by atoms with Crippen LogP contribution in [0.5, 0.6) is 0 Å². The highest BCUT2D eigenvalue weighted by atomic mass is 16.5. The van der Waals surface area contributed by atoms with E-state index in [4.69, 9.17) is 10.5 Å². The lowest BCUT2D eigenvalue weighted by Gasteiger charge is -2.25. The summed E-state index contributed by atoms with van der Waals surface area (Å²) in [6, 6.07) is 0. The summed E-state index contributed by atoms with van der Waals surface area (Å²) in [6.45, 7) is 6.78. The van der Waals surface area contributed by atoms with Crippen molar-refractivity contribution in [3.63, 3.8) is 0 Å². The molecule has 1 aliphatic rings. The van der Waals surface area contributed by atoms with E-state index in [1.165, 1.54) is 0 Å². The molecule has 0 aromatic heterocycles. The van der Waals surface area contributed by atoms with Crippen molar-refractivity contribution in [3.8, 4) is 0 Å². The van der Waals surface area contributed by atoms with Crippen molar-refractivity contribution in [2.24, 2.45) is 11.7 Å². The van der Waals surface area contributed by atoms with Crippen LogP contribution in [0.4, 0.5) is 0 Å². The zero-order chi connectivity index (χ0) is 11.3. The molecule has 2 atom stereocenters. The number of carbonyl (C=O) groups excluding carboxylic acids is 1. The van der Waals surface area contributed by atoms with Crippen LogP contribution in [0.3, 0.4) is 0 Å². The third-order valence-electron chi connectivity index (χ3n) is 2.84. The minimum atomic E-state index is -0.233. The molecular formula is C11H22N2O2. The maximum absolute atomic E-state index is 12.1. The zero-order valence-corrected chi connectivity index (χ0v) is 9.74. The fourth-order valence-corrected chi connectivity index (χ4v) is 1.95. The molecule has 1 fully saturated rings. The standard InChI is InChI=1S/C11H22N2O2/c1-3-6-13(7-5-12)11(14)10-9(2)4-8-15-10/h9-10H,3-8,12H2,1-2H3. The molecule has 1 aliphatic heterocycles. The Morgan fingerprint density at radius 3 is 2.73 bits per heavy atom. The largest absolute Gasteiger partial charge is 0.368 e. The van der Waals surface area contributed by atoms with Gasteiger partial charge in [-0.15, -0.1) is 0 Å². The molecule has 1 rings (SSSR count). The zero-order valence-electron chi connectivity index (χ0n) is 9.74. The normalized spacial score (nSPS) is 25.5. The number of amides is 1. The first-order chi connectivity index (χ1) is 7.20. The van der Waals surface area contributed by atoms with Crippen LogP contribution >= 0.6 is 0 Å². The maximum atomic E-state index is 12.1. The van der Waals surface area contributed by atoms with Gasteiger partial charge in [0.15, 0.2) is 0 Å². The number of carbonyl (C=O) groups is 1. The first-order valence-corrected chi connectivity index (χ1v) is 5.81. The van der Waals surface area contributed by atoms with E-state index in [0.29, 0.717) is 25.6 Å². The van der Waals surface area contributed by atoms with E-state index in [-0.39, 0.29) is 12.0 Å². The van der Waals surface area contributed by atoms with E-state index in [1.54, 1.807) is 0 Å². The number of ether oxygens (including phenoxy) is 1. The van der Waals surface area contributed by atoms with Gasteiger partial charge >= 0.3 is 0 Å². The molecule has 1 saturated heterocycles. The molecule has 2 unspecified atom stereocenters. The highest BCUT2D eigenvalue weighted by molar-refractivity contribution is 5.81. The predicted octanol–water partition coefficient (Wildman–Crippen LogP) is 0.609. The second kappa shape index (κ2) is 6.08. The second-order valence-electron chi connectivity index (χ2n) is 4.17. The number of hydrogen-bond donors (Lipinski definition) is 1. The van der Waals surface area contributed by atoms with Crippen LogP contribution in [-0.4, -0.2) is 43.2 Å². The SMILES string of the molecule is CCCN(CCN)C(=O)C1OCCC1C. The molecule has 0 aliphatic carbocycles. The van der Waals surface area contributed by atoms with E-state index in [0.717, 1.165) is 19.4 Å². The smallest absolute Gasteiger partial charge is 0.252 e. The van der Waals surface area contributed by atoms with Crippen LogP contribution in [0.2, 0.25) is 0 Å². The van der Waals surface area contributed by atoms with Gasteiger partial charge in [0.2, 0.25) is 0 Å². The van der Waals surface area contributed by atoms with Gasteiger partial charge in [0.05, 0.1) is 0 Å². The Hall–Kier alpha value is -0.610. The van der Waals surface area contributed by atoms with E-state index < -0.39 is 0 Å². The van der Waals surface area contributed by atoms with Crippen molar-refractivity contribution in [1.82, 2.24) is 4.90 Å². The summed E-state index contributed by atoms with van der Waals surface area (Å²) in [5.74, 6) is 0.460. The summed E-state index contributed by atoms with van der Waals surface area (Å²) < 4.78 is 5.47. The van der Waals surface area contributed by atoms with E-state index in [2.05, 4.69) is 13.8 Å². The van der Waals surface area contributed by atoms with Crippen molar-refractivity contribution in [2.75, 3.05) is 26.2 Å². The summed E-state index contributed by atoms with van der Waals surface area (Å²) in [5, 5.41) is 0. The number of nitrogens with zero attached hydrogens (tertiary/aromatic N) is 1. The van der Waals surface area contributed by atoms with E-state index in [9.17, 15) is 4.79 Å². The van der Waals surface area contributed by atoms with Gasteiger partial charge in [-0.25, -0.2) is 0 Å². The van der Waals surface area contributed by atoms with Crippen LogP contribution in [0.1, 0.15) is 26.7 Å². The van der Waals surface area contributed by atoms with Gasteiger partial charge in [-0.1, -0.05) is 13.8 Å². The molecule has 88 valence electrons. The quantitative estimate of drug-likeness (QED) is 0.729. The van der Waals surface area contributed by atoms with Crippen molar-refractivity contribution < 1.29 is 9.53 Å². The van der Waals surface area contributed by atoms with Crippen molar-refractivity contribution in [2.45, 2.75) is 32.8 Å². The number of hydrogen-bond acceptors (Lipinski definition) is 3. The molecule has 1 amide bonds. The summed E-state index contributed by atoms with van der Waals surface area (Å²) in [4.78, 5) is 13.9. The molecule has 4 heteroatoms. The second-order valence-corrected chi connectivity index (χ2v) is 4.17. The van der Waals surface area contributed by atoms with Gasteiger partial charge in [0.1, 0.15) is 6.10 Å². The van der Waals surface area contributed by atoms with Crippen molar-refractivity contribution in [3.05, 3.63) is 0 Å². The average Bonchev–Trinajstić information content (AvgIpc) is 2.63. The van der Waals surface area contributed by atoms with Gasteiger partial charge in [0, 0.05) is 26.2 Å². The molecule has 1 heterocycles. The van der Waals surface area contributed by atoms with Crippen LogP contribution in [-0.2, 0) is 9.53 Å². The third-order valence-corrected chi connectivity index (χ3v) is 2.84. The fraction of sp³-hybridized carbons (Fsp3) is 0.909. The Labute approximate surface area is 91.8 Å². The summed E-state index contributed by atoms with van der Waals surface area (Å²) in [6.07, 6.45) is 1.72. The van der Waals surface area contributed by atoms with Gasteiger partial charge in [-0.2, -0.15) is 0 Å². The molecule has 0 saturated carbocycles. The van der Waals surface area contributed by atoms with E-state index in [1.807, 2.05) is 4.90 Å². The fourth-order valence-electron chi connectivity index (χ4n) is 1.95. The minimum Gasteiger partial charge on any atom is -0.368 e. The van der Waals surface area contributed by atoms with Crippen LogP contribution in [0, 0.1) is 5.92 Å². The highest BCUT2D eigenvalue weighted by Gasteiger charge is 2.33. The number of rotatable bonds is 5. The van der Waals surface area contributed by atoms with E-state index >= 15 is 0 Å². The van der Waals surface area contributed by atoms with Gasteiger partial charge in [-0.05, 0) is 18.8 Å². The van der Waals surface area contributed by atoms with Crippen LogP contribution in [0.15, 0.2) is 0 Å². The lowest BCUT2D eigenvalue weighted by Crippen LogP contribution is -2.43. The Kier molecular flexibility index (Phi) is 5.05. The molecule has 0 spiro atoms. The van der Waals surface area contributed by atoms with Crippen molar-refractivity contribution >= 4 is 5.91 Å². The average molecular weight is 214 g/mol. The van der Waals surface area contributed by atoms with Gasteiger partial charge < -0.3 is 15.4 Å². The molecular weight excluding hydrogens is 192 g/mol. The maximum Gasteiger partial charge on any atom is 0.252 e. The Morgan fingerprint density at radius 2 is 2.27 bits per heavy atom. The summed E-state index contributed by atoms with van der Waals surface area (Å²) in [7, 11) is 0. The van der Waals surface area contributed by atoms with Crippen molar-refractivity contribution in [1.29, 1.82) is 0 Å². The summed E-state index contributed by atoms with van der Waals surface area (Å²) >= 11 is 0. The first-order valence-electron chi connectivity index (χ1n) is 5.81. The highest BCUT2D eigenvalue weighted by Crippen LogP contribution is 2.21.